The summed E-state index contributed by atoms with van der Waals surface area (Å²) in [7, 11) is 0. The Labute approximate surface area is 89.7 Å². The number of unbranched alkanes of at least 4 members (excludes halogenated alkanes) is 5. The van der Waals surface area contributed by atoms with E-state index in [1.165, 1.54) is 0 Å². The van der Waals surface area contributed by atoms with Gasteiger partial charge in [0, 0.05) is 0 Å². The normalized spacial score (nSPS) is 13.1. The number of aliphatic carboxylic acids is 1. The van der Waals surface area contributed by atoms with Gasteiger partial charge in [-0.25, -0.2) is 8.78 Å². The molecule has 0 aromatic rings. The number of halogens is 2. The van der Waals surface area contributed by atoms with Gasteiger partial charge in [-0.3, -0.25) is 4.79 Å². The van der Waals surface area contributed by atoms with Crippen LogP contribution in [0.4, 0.5) is 8.78 Å². The van der Waals surface area contributed by atoms with Crippen LogP contribution in [0, 0.1) is 5.92 Å². The van der Waals surface area contributed by atoms with Gasteiger partial charge in [-0.15, -0.1) is 0 Å². The molecule has 0 amide bonds. The molecule has 0 bridgehead atoms. The van der Waals surface area contributed by atoms with Crippen LogP contribution in [0.25, 0.3) is 0 Å². The molecule has 0 radical (unpaired) electrons. The molecule has 0 aliphatic heterocycles. The lowest BCUT2D eigenvalue weighted by Crippen LogP contribution is -2.21. The van der Waals surface area contributed by atoms with E-state index in [1.807, 2.05) is 0 Å². The second kappa shape index (κ2) is 8.62. The molecule has 2 nitrogen and oxygen atoms in total. The van der Waals surface area contributed by atoms with Crippen LogP contribution in [0.3, 0.4) is 0 Å². The Morgan fingerprint density at radius 3 is 2.13 bits per heavy atom. The Hall–Kier alpha value is -0.670. The van der Waals surface area contributed by atoms with E-state index in [4.69, 9.17) is 5.11 Å². The molecular weight excluding hydrogens is 202 g/mol. The zero-order valence-corrected chi connectivity index (χ0v) is 9.22. The van der Waals surface area contributed by atoms with Gasteiger partial charge in [-0.1, -0.05) is 45.4 Å². The molecule has 0 aromatic carbocycles. The molecule has 1 N–H and O–H groups in total. The minimum atomic E-state index is -2.74. The maximum atomic E-state index is 12.2. The molecule has 0 aromatic heterocycles. The van der Waals surface area contributed by atoms with Crippen molar-refractivity contribution in [1.82, 2.24) is 0 Å². The topological polar surface area (TPSA) is 37.3 Å². The van der Waals surface area contributed by atoms with Gasteiger partial charge >= 0.3 is 5.97 Å². The fraction of sp³-hybridized carbons (Fsp3) is 0.909. The van der Waals surface area contributed by atoms with Crippen molar-refractivity contribution in [3.05, 3.63) is 0 Å². The van der Waals surface area contributed by atoms with Crippen molar-refractivity contribution in [2.75, 3.05) is 0 Å². The average molecular weight is 222 g/mol. The monoisotopic (exact) mass is 222 g/mol. The average Bonchev–Trinajstić information content (AvgIpc) is 2.15. The van der Waals surface area contributed by atoms with Crippen LogP contribution >= 0.6 is 0 Å². The minimum Gasteiger partial charge on any atom is -0.481 e. The molecule has 1 unspecified atom stereocenters. The van der Waals surface area contributed by atoms with Crippen LogP contribution in [0.1, 0.15) is 51.9 Å². The molecule has 1 atom stereocenters. The number of hydrogen-bond acceptors (Lipinski definition) is 1. The zero-order chi connectivity index (χ0) is 11.7. The van der Waals surface area contributed by atoms with Gasteiger partial charge in [0.25, 0.3) is 6.43 Å². The van der Waals surface area contributed by atoms with Crippen LogP contribution in [-0.2, 0) is 4.79 Å². The fourth-order valence-electron chi connectivity index (χ4n) is 1.50. The van der Waals surface area contributed by atoms with Crippen molar-refractivity contribution in [3.8, 4) is 0 Å². The Balaban J connectivity index is 3.50. The van der Waals surface area contributed by atoms with Gasteiger partial charge in [0.1, 0.15) is 5.92 Å². The smallest absolute Gasteiger partial charge is 0.312 e. The first-order valence-electron chi connectivity index (χ1n) is 5.60. The third-order valence-corrected chi connectivity index (χ3v) is 2.49. The lowest BCUT2D eigenvalue weighted by molar-refractivity contribution is -0.147. The molecule has 0 rings (SSSR count). The van der Waals surface area contributed by atoms with Crippen molar-refractivity contribution in [2.24, 2.45) is 5.92 Å². The van der Waals surface area contributed by atoms with Crippen LogP contribution in [0.2, 0.25) is 0 Å². The van der Waals surface area contributed by atoms with E-state index in [0.717, 1.165) is 32.1 Å². The summed E-state index contributed by atoms with van der Waals surface area (Å²) in [6.45, 7) is 2.11. The van der Waals surface area contributed by atoms with Crippen molar-refractivity contribution in [1.29, 1.82) is 0 Å². The predicted molar refractivity (Wildman–Crippen MR) is 55.1 cm³/mol. The van der Waals surface area contributed by atoms with Crippen molar-refractivity contribution >= 4 is 5.97 Å². The summed E-state index contributed by atoms with van der Waals surface area (Å²) in [5, 5.41) is 8.50. The van der Waals surface area contributed by atoms with Crippen molar-refractivity contribution < 1.29 is 18.7 Å². The zero-order valence-electron chi connectivity index (χ0n) is 9.22. The predicted octanol–water partition coefficient (Wildman–Crippen LogP) is 3.70. The fourth-order valence-corrected chi connectivity index (χ4v) is 1.50. The summed E-state index contributed by atoms with van der Waals surface area (Å²) >= 11 is 0. The van der Waals surface area contributed by atoms with Gasteiger partial charge < -0.3 is 5.11 Å². The molecule has 4 heteroatoms. The molecule has 15 heavy (non-hydrogen) atoms. The number of carboxylic acid groups (broad SMARTS) is 1. The molecular formula is C11H20F2O2. The lowest BCUT2D eigenvalue weighted by atomic mass is 10.0. The highest BCUT2D eigenvalue weighted by Crippen LogP contribution is 2.18. The van der Waals surface area contributed by atoms with E-state index < -0.39 is 18.3 Å². The lowest BCUT2D eigenvalue weighted by Gasteiger charge is -2.10. The second-order valence-corrected chi connectivity index (χ2v) is 3.84. The number of hydrogen-bond donors (Lipinski definition) is 1. The highest BCUT2D eigenvalue weighted by molar-refractivity contribution is 5.70. The molecule has 0 heterocycles. The summed E-state index contributed by atoms with van der Waals surface area (Å²) in [5.41, 5.74) is 0. The number of carboxylic acids is 1. The summed E-state index contributed by atoms with van der Waals surface area (Å²) in [6, 6.07) is 0. The standard InChI is InChI=1S/C11H20F2O2/c1-2-3-4-5-6-7-8-9(10(12)13)11(14)15/h9-10H,2-8H2,1H3,(H,14,15). The highest BCUT2D eigenvalue weighted by Gasteiger charge is 2.26. The molecule has 0 saturated carbocycles. The molecule has 0 spiro atoms. The molecule has 0 saturated heterocycles. The first kappa shape index (κ1) is 14.3. The van der Waals surface area contributed by atoms with Gasteiger partial charge in [0.2, 0.25) is 0 Å². The molecule has 0 fully saturated rings. The van der Waals surface area contributed by atoms with E-state index >= 15 is 0 Å². The maximum absolute atomic E-state index is 12.2. The van der Waals surface area contributed by atoms with Gasteiger partial charge in [-0.05, 0) is 6.42 Å². The SMILES string of the molecule is CCCCCCCCC(C(=O)O)C(F)F. The van der Waals surface area contributed by atoms with Crippen LogP contribution in [0.5, 0.6) is 0 Å². The third-order valence-electron chi connectivity index (χ3n) is 2.49. The summed E-state index contributed by atoms with van der Waals surface area (Å²) in [6.07, 6.45) is 3.25. The van der Waals surface area contributed by atoms with Crippen LogP contribution < -0.4 is 0 Å². The Morgan fingerprint density at radius 2 is 1.67 bits per heavy atom. The van der Waals surface area contributed by atoms with E-state index in [1.54, 1.807) is 0 Å². The number of alkyl halides is 2. The third kappa shape index (κ3) is 7.28. The first-order chi connectivity index (χ1) is 7.09. The molecule has 0 aliphatic rings. The van der Waals surface area contributed by atoms with Crippen LogP contribution in [0.15, 0.2) is 0 Å². The Bertz CT molecular complexity index is 172. The van der Waals surface area contributed by atoms with Crippen LogP contribution in [-0.4, -0.2) is 17.5 Å². The molecule has 90 valence electrons. The highest BCUT2D eigenvalue weighted by atomic mass is 19.3. The quantitative estimate of drug-likeness (QED) is 0.604. The summed E-state index contributed by atoms with van der Waals surface area (Å²) in [4.78, 5) is 10.4. The summed E-state index contributed by atoms with van der Waals surface area (Å²) < 4.78 is 24.4. The largest absolute Gasteiger partial charge is 0.481 e. The van der Waals surface area contributed by atoms with E-state index in [9.17, 15) is 13.6 Å². The Kier molecular flexibility index (Phi) is 8.24. The summed E-state index contributed by atoms with van der Waals surface area (Å²) in [5.74, 6) is -2.85. The second-order valence-electron chi connectivity index (χ2n) is 3.84. The molecule has 0 aliphatic carbocycles. The van der Waals surface area contributed by atoms with Crippen molar-refractivity contribution in [2.45, 2.75) is 58.3 Å². The van der Waals surface area contributed by atoms with Gasteiger partial charge in [0.05, 0.1) is 0 Å². The van der Waals surface area contributed by atoms with E-state index in [2.05, 4.69) is 6.92 Å². The van der Waals surface area contributed by atoms with Gasteiger partial charge in [0.15, 0.2) is 0 Å². The first-order valence-corrected chi connectivity index (χ1v) is 5.60. The Morgan fingerprint density at radius 1 is 1.13 bits per heavy atom. The minimum absolute atomic E-state index is 0.0964. The van der Waals surface area contributed by atoms with E-state index in [0.29, 0.717) is 6.42 Å². The number of rotatable bonds is 9. The van der Waals surface area contributed by atoms with E-state index in [-0.39, 0.29) is 6.42 Å². The maximum Gasteiger partial charge on any atom is 0.312 e. The number of carbonyl (C=O) groups is 1. The van der Waals surface area contributed by atoms with Crippen molar-refractivity contribution in [3.63, 3.8) is 0 Å². The van der Waals surface area contributed by atoms with Gasteiger partial charge in [-0.2, -0.15) is 0 Å².